The molecule has 3 atom stereocenters. The lowest BCUT2D eigenvalue weighted by Crippen LogP contribution is -2.32. The fraction of sp³-hybridized carbons (Fsp3) is 0.556. The Labute approximate surface area is 210 Å². The highest BCUT2D eigenvalue weighted by Crippen LogP contribution is 2.52. The van der Waals surface area contributed by atoms with Gasteiger partial charge in [-0.25, -0.2) is 9.78 Å². The zero-order chi connectivity index (χ0) is 26.1. The van der Waals surface area contributed by atoms with Gasteiger partial charge in [-0.15, -0.1) is 5.06 Å². The van der Waals surface area contributed by atoms with E-state index in [1.165, 1.54) is 21.6 Å². The summed E-state index contributed by atoms with van der Waals surface area (Å²) < 4.78 is 37.0. The zero-order valence-electron chi connectivity index (χ0n) is 18.6. The summed E-state index contributed by atoms with van der Waals surface area (Å²) in [5.74, 6) is -2.07. The minimum Gasteiger partial charge on any atom is -0.344 e. The highest BCUT2D eigenvalue weighted by molar-refractivity contribution is 8.76. The highest BCUT2D eigenvalue weighted by atomic mass is 33.1. The Balaban J connectivity index is 1.68. The molecular formula is C18H27N2O10P3S2. The van der Waals surface area contributed by atoms with Crippen molar-refractivity contribution in [3.63, 3.8) is 0 Å². The highest BCUT2D eigenvalue weighted by Gasteiger charge is 2.34. The third kappa shape index (κ3) is 11.7. The fourth-order valence-corrected chi connectivity index (χ4v) is 12.4. The first-order chi connectivity index (χ1) is 16.3. The third-order valence-corrected chi connectivity index (χ3v) is 13.6. The number of hydrogen-bond donors (Lipinski definition) is 3. The summed E-state index contributed by atoms with van der Waals surface area (Å²) in [7, 11) is -8.93. The Morgan fingerprint density at radius 2 is 1.46 bits per heavy atom. The van der Waals surface area contributed by atoms with Crippen LogP contribution in [-0.4, -0.2) is 85.2 Å². The largest absolute Gasteiger partial charge is 0.344 e. The van der Waals surface area contributed by atoms with E-state index < -0.39 is 77.1 Å². The summed E-state index contributed by atoms with van der Waals surface area (Å²) in [6.07, 6.45) is -1.71. The first-order valence-corrected chi connectivity index (χ1v) is 18.9. The van der Waals surface area contributed by atoms with E-state index in [0.29, 0.717) is 10.8 Å². The molecule has 0 spiro atoms. The van der Waals surface area contributed by atoms with E-state index in [1.54, 1.807) is 18.3 Å². The molecule has 0 bridgehead atoms. The molecule has 0 radical (unpaired) electrons. The van der Waals surface area contributed by atoms with Crippen molar-refractivity contribution < 1.29 is 47.6 Å². The van der Waals surface area contributed by atoms with Crippen molar-refractivity contribution in [1.82, 2.24) is 10.0 Å². The van der Waals surface area contributed by atoms with E-state index in [-0.39, 0.29) is 19.0 Å². The number of nitrogens with zero attached hydrogens (tertiary/aromatic N) is 2. The number of amides is 2. The summed E-state index contributed by atoms with van der Waals surface area (Å²) in [5.41, 5.74) is 0. The van der Waals surface area contributed by atoms with Crippen molar-refractivity contribution >= 4 is 61.5 Å². The summed E-state index contributed by atoms with van der Waals surface area (Å²) in [4.78, 5) is 73.5. The van der Waals surface area contributed by atoms with Crippen LogP contribution < -0.4 is 0 Å². The summed E-state index contributed by atoms with van der Waals surface area (Å²) in [6, 6.07) is 5.40. The summed E-state index contributed by atoms with van der Waals surface area (Å²) >= 11 is 0. The van der Waals surface area contributed by atoms with Crippen LogP contribution in [-0.2, 0) is 32.9 Å². The van der Waals surface area contributed by atoms with Gasteiger partial charge in [-0.2, -0.15) is 0 Å². The molecular weight excluding hydrogens is 561 g/mol. The Hall–Kier alpha value is -0.970. The van der Waals surface area contributed by atoms with Gasteiger partial charge in [-0.3, -0.25) is 23.3 Å². The molecule has 0 aliphatic carbocycles. The molecule has 1 aliphatic rings. The van der Waals surface area contributed by atoms with Gasteiger partial charge >= 0.3 is 5.97 Å². The van der Waals surface area contributed by atoms with Gasteiger partial charge in [-0.05, 0) is 22.9 Å². The van der Waals surface area contributed by atoms with Crippen molar-refractivity contribution in [3.8, 4) is 0 Å². The third-order valence-electron chi connectivity index (χ3n) is 4.77. The van der Waals surface area contributed by atoms with Crippen LogP contribution in [0.4, 0.5) is 0 Å². The van der Waals surface area contributed by atoms with Crippen LogP contribution in [0.15, 0.2) is 29.4 Å². The molecule has 0 aromatic carbocycles. The number of imide groups is 1. The molecule has 196 valence electrons. The molecule has 1 fully saturated rings. The molecule has 3 N–H and O–H groups in total. The van der Waals surface area contributed by atoms with Gasteiger partial charge in [0.1, 0.15) is 5.03 Å². The number of carbonyl (C=O) groups excluding carboxylic acids is 3. The maximum atomic E-state index is 12.4. The van der Waals surface area contributed by atoms with E-state index >= 15 is 0 Å². The van der Waals surface area contributed by atoms with Crippen LogP contribution in [0.5, 0.6) is 0 Å². The van der Waals surface area contributed by atoms with Gasteiger partial charge in [0.2, 0.25) is 22.1 Å². The molecule has 2 amide bonds. The minimum atomic E-state index is -4.00. The molecule has 12 nitrogen and oxygen atoms in total. The second kappa shape index (κ2) is 13.5. The molecule has 1 aromatic heterocycles. The molecule has 2 rings (SSSR count). The first-order valence-electron chi connectivity index (χ1n) is 10.5. The van der Waals surface area contributed by atoms with Crippen molar-refractivity contribution in [1.29, 1.82) is 0 Å². The standard InChI is InChI=1S/C18H27N2O10P3S2/c21-16-4-5-17(22)20(16)30-18(23)6-8-31(24,25)9-10-32(26,27)11-12-33(28,29)13-14-34-35-15-3-1-2-7-19-15/h1-3,7H,4-6,8-14H2,(H,24,25)(H,26,27)(H,28,29). The average molecular weight is 588 g/mol. The van der Waals surface area contributed by atoms with Crippen LogP contribution in [0.25, 0.3) is 0 Å². The second-order valence-corrected chi connectivity index (χ2v) is 17.9. The smallest absolute Gasteiger partial charge is 0.333 e. The Bertz CT molecular complexity index is 1040. The van der Waals surface area contributed by atoms with Crippen LogP contribution >= 0.6 is 43.7 Å². The SMILES string of the molecule is O=C(CCP(=O)(O)CCP(=O)(O)CCP(=O)(O)CCSSc1ccccn1)ON1C(=O)CCC1=O. The fourth-order valence-electron chi connectivity index (χ4n) is 2.71. The number of hydroxylamine groups is 2. The molecule has 17 heteroatoms. The lowest BCUT2D eigenvalue weighted by Gasteiger charge is -2.17. The monoisotopic (exact) mass is 588 g/mol. The lowest BCUT2D eigenvalue weighted by atomic mass is 10.4. The lowest BCUT2D eigenvalue weighted by molar-refractivity contribution is -0.197. The maximum Gasteiger partial charge on any atom is 0.333 e. The van der Waals surface area contributed by atoms with E-state index in [9.17, 15) is 42.8 Å². The number of carbonyl (C=O) groups is 3. The second-order valence-electron chi connectivity index (χ2n) is 7.75. The van der Waals surface area contributed by atoms with Gasteiger partial charge < -0.3 is 19.5 Å². The molecule has 35 heavy (non-hydrogen) atoms. The number of hydrogen-bond acceptors (Lipinski definition) is 10. The van der Waals surface area contributed by atoms with E-state index in [1.807, 2.05) is 6.07 Å². The Morgan fingerprint density at radius 3 is 2.00 bits per heavy atom. The van der Waals surface area contributed by atoms with Crippen molar-refractivity contribution in [2.75, 3.05) is 42.7 Å². The molecule has 0 saturated carbocycles. The van der Waals surface area contributed by atoms with Gasteiger partial charge in [0, 0.05) is 61.8 Å². The van der Waals surface area contributed by atoms with Crippen LogP contribution in [0, 0.1) is 0 Å². The zero-order valence-corrected chi connectivity index (χ0v) is 22.9. The van der Waals surface area contributed by atoms with Crippen molar-refractivity contribution in [2.24, 2.45) is 0 Å². The van der Waals surface area contributed by atoms with Crippen molar-refractivity contribution in [2.45, 2.75) is 24.3 Å². The van der Waals surface area contributed by atoms with Crippen molar-refractivity contribution in [3.05, 3.63) is 24.4 Å². The summed E-state index contributed by atoms with van der Waals surface area (Å²) in [6.45, 7) is 0. The van der Waals surface area contributed by atoms with Gasteiger partial charge in [0.25, 0.3) is 11.8 Å². The van der Waals surface area contributed by atoms with E-state index in [2.05, 4.69) is 9.82 Å². The van der Waals surface area contributed by atoms with Crippen LogP contribution in [0.2, 0.25) is 0 Å². The van der Waals surface area contributed by atoms with E-state index in [0.717, 1.165) is 5.03 Å². The summed E-state index contributed by atoms with van der Waals surface area (Å²) in [5, 5.41) is 1.08. The normalized spacial score (nSPS) is 19.1. The maximum absolute atomic E-state index is 12.4. The predicted molar refractivity (Wildman–Crippen MR) is 133 cm³/mol. The van der Waals surface area contributed by atoms with Gasteiger partial charge in [0.05, 0.1) is 6.42 Å². The first kappa shape index (κ1) is 30.3. The number of aromatic nitrogens is 1. The van der Waals surface area contributed by atoms with E-state index in [4.69, 9.17) is 0 Å². The predicted octanol–water partition coefficient (Wildman–Crippen LogP) is 2.63. The Kier molecular flexibility index (Phi) is 11.7. The molecule has 3 unspecified atom stereocenters. The quantitative estimate of drug-likeness (QED) is 0.117. The Morgan fingerprint density at radius 1 is 0.914 bits per heavy atom. The van der Waals surface area contributed by atoms with Crippen LogP contribution in [0.1, 0.15) is 19.3 Å². The molecule has 2 heterocycles. The molecule has 1 aromatic rings. The topological polar surface area (TPSA) is 188 Å². The number of rotatable bonds is 15. The minimum absolute atomic E-state index is 0.0554. The van der Waals surface area contributed by atoms with Crippen LogP contribution in [0.3, 0.4) is 0 Å². The molecule has 1 saturated heterocycles. The molecule has 1 aliphatic heterocycles. The average Bonchev–Trinajstić information content (AvgIpc) is 3.11. The van der Waals surface area contributed by atoms with Gasteiger partial charge in [-0.1, -0.05) is 16.9 Å². The van der Waals surface area contributed by atoms with Gasteiger partial charge in [0.15, 0.2) is 0 Å². The number of pyridine rings is 1.